The molecule has 14 heavy (non-hydrogen) atoms. The average molecular weight is 194 g/mol. The minimum Gasteiger partial charge on any atom is -0.398 e. The topological polar surface area (TPSA) is 72.3 Å². The molecule has 3 nitrogen and oxygen atoms in total. The van der Waals surface area contributed by atoms with Gasteiger partial charge in [-0.1, -0.05) is 12.1 Å². The van der Waals surface area contributed by atoms with Crippen LogP contribution in [0, 0.1) is 13.8 Å². The molecule has 5 N–H and O–H groups in total. The number of nitrogens with two attached hydrogens (primary N) is 2. The van der Waals surface area contributed by atoms with Gasteiger partial charge in [0.15, 0.2) is 0 Å². The molecule has 1 unspecified atom stereocenters. The van der Waals surface area contributed by atoms with Gasteiger partial charge in [-0.2, -0.15) is 0 Å². The molecule has 0 saturated carbocycles. The van der Waals surface area contributed by atoms with Crippen molar-refractivity contribution >= 4 is 5.69 Å². The normalized spacial score (nSPS) is 12.9. The molecule has 0 aromatic heterocycles. The number of rotatable bonds is 3. The molecule has 0 spiro atoms. The molecule has 1 rings (SSSR count). The molecule has 0 amide bonds. The minimum absolute atomic E-state index is 0.474. The number of hydrogen-bond acceptors (Lipinski definition) is 3. The molecule has 0 aliphatic rings. The first-order valence-electron chi connectivity index (χ1n) is 4.81. The van der Waals surface area contributed by atoms with Crippen LogP contribution >= 0.6 is 0 Å². The van der Waals surface area contributed by atoms with Crippen LogP contribution in [0.5, 0.6) is 0 Å². The fourth-order valence-corrected chi connectivity index (χ4v) is 1.53. The molecule has 0 saturated heterocycles. The minimum atomic E-state index is -0.474. The predicted octanol–water partition coefficient (Wildman–Crippen LogP) is 1.27. The molecule has 0 aliphatic heterocycles. The first-order chi connectivity index (χ1) is 6.56. The van der Waals surface area contributed by atoms with Crippen LogP contribution in [0.1, 0.15) is 29.2 Å². The van der Waals surface area contributed by atoms with Gasteiger partial charge >= 0.3 is 0 Å². The van der Waals surface area contributed by atoms with Crippen molar-refractivity contribution in [3.8, 4) is 0 Å². The van der Waals surface area contributed by atoms with Crippen molar-refractivity contribution in [2.75, 3.05) is 12.3 Å². The highest BCUT2D eigenvalue weighted by Crippen LogP contribution is 2.24. The van der Waals surface area contributed by atoms with E-state index in [0.29, 0.717) is 13.0 Å². The molecular weight excluding hydrogens is 176 g/mol. The van der Waals surface area contributed by atoms with Crippen molar-refractivity contribution in [2.45, 2.75) is 26.4 Å². The molecule has 0 heterocycles. The van der Waals surface area contributed by atoms with Crippen LogP contribution in [0.15, 0.2) is 12.1 Å². The van der Waals surface area contributed by atoms with E-state index >= 15 is 0 Å². The fourth-order valence-electron chi connectivity index (χ4n) is 1.53. The number of aliphatic hydroxyl groups excluding tert-OH is 1. The smallest absolute Gasteiger partial charge is 0.0802 e. The second-order valence-corrected chi connectivity index (χ2v) is 3.66. The van der Waals surface area contributed by atoms with Crippen molar-refractivity contribution < 1.29 is 5.11 Å². The third-order valence-electron chi connectivity index (χ3n) is 2.44. The van der Waals surface area contributed by atoms with Gasteiger partial charge < -0.3 is 16.6 Å². The summed E-state index contributed by atoms with van der Waals surface area (Å²) in [6.45, 7) is 4.38. The highest BCUT2D eigenvalue weighted by atomic mass is 16.3. The van der Waals surface area contributed by atoms with Crippen LogP contribution in [0.4, 0.5) is 5.69 Å². The van der Waals surface area contributed by atoms with Gasteiger partial charge in [-0.15, -0.1) is 0 Å². The lowest BCUT2D eigenvalue weighted by atomic mass is 9.99. The summed E-state index contributed by atoms with van der Waals surface area (Å²) in [7, 11) is 0. The summed E-state index contributed by atoms with van der Waals surface area (Å²) in [4.78, 5) is 0. The van der Waals surface area contributed by atoms with E-state index in [1.807, 2.05) is 26.0 Å². The summed E-state index contributed by atoms with van der Waals surface area (Å²) < 4.78 is 0. The molecule has 0 fully saturated rings. The average Bonchev–Trinajstić information content (AvgIpc) is 2.13. The van der Waals surface area contributed by atoms with Crippen LogP contribution in [0.3, 0.4) is 0 Å². The molecule has 0 radical (unpaired) electrons. The number of aliphatic hydroxyl groups is 1. The van der Waals surface area contributed by atoms with Crippen LogP contribution in [0.2, 0.25) is 0 Å². The highest BCUT2D eigenvalue weighted by molar-refractivity contribution is 5.54. The summed E-state index contributed by atoms with van der Waals surface area (Å²) in [6, 6.07) is 3.84. The van der Waals surface area contributed by atoms with E-state index in [-0.39, 0.29) is 0 Å². The van der Waals surface area contributed by atoms with Crippen molar-refractivity contribution in [1.82, 2.24) is 0 Å². The van der Waals surface area contributed by atoms with Gasteiger partial charge in [0, 0.05) is 5.69 Å². The molecule has 78 valence electrons. The van der Waals surface area contributed by atoms with Crippen LogP contribution < -0.4 is 11.5 Å². The lowest BCUT2D eigenvalue weighted by molar-refractivity contribution is 0.170. The van der Waals surface area contributed by atoms with Gasteiger partial charge in [-0.3, -0.25) is 0 Å². The van der Waals surface area contributed by atoms with Gasteiger partial charge in [0.1, 0.15) is 0 Å². The molecule has 0 bridgehead atoms. The van der Waals surface area contributed by atoms with Gasteiger partial charge in [-0.05, 0) is 43.5 Å². The molecule has 1 aromatic rings. The number of anilines is 1. The van der Waals surface area contributed by atoms with E-state index < -0.39 is 6.10 Å². The Morgan fingerprint density at radius 2 is 1.79 bits per heavy atom. The molecule has 3 heteroatoms. The van der Waals surface area contributed by atoms with E-state index in [2.05, 4.69) is 0 Å². The second kappa shape index (κ2) is 4.44. The van der Waals surface area contributed by atoms with E-state index in [4.69, 9.17) is 11.5 Å². The van der Waals surface area contributed by atoms with Gasteiger partial charge in [0.2, 0.25) is 0 Å². The van der Waals surface area contributed by atoms with Crippen LogP contribution in [0.25, 0.3) is 0 Å². The lowest BCUT2D eigenvalue weighted by Gasteiger charge is -2.13. The predicted molar refractivity (Wildman–Crippen MR) is 59.0 cm³/mol. The zero-order chi connectivity index (χ0) is 10.7. The zero-order valence-electron chi connectivity index (χ0n) is 8.75. The van der Waals surface area contributed by atoms with Gasteiger partial charge in [0.05, 0.1) is 6.10 Å². The Morgan fingerprint density at radius 1 is 1.29 bits per heavy atom. The maximum atomic E-state index is 9.74. The van der Waals surface area contributed by atoms with Crippen LogP contribution in [-0.2, 0) is 0 Å². The highest BCUT2D eigenvalue weighted by Gasteiger charge is 2.09. The Hall–Kier alpha value is -1.06. The van der Waals surface area contributed by atoms with Crippen molar-refractivity contribution in [2.24, 2.45) is 5.73 Å². The van der Waals surface area contributed by atoms with E-state index in [9.17, 15) is 5.11 Å². The summed E-state index contributed by atoms with van der Waals surface area (Å²) >= 11 is 0. The van der Waals surface area contributed by atoms with E-state index in [0.717, 1.165) is 22.4 Å². The Kier molecular flexibility index (Phi) is 3.49. The van der Waals surface area contributed by atoms with E-state index in [1.165, 1.54) is 0 Å². The van der Waals surface area contributed by atoms with Gasteiger partial charge in [0.25, 0.3) is 0 Å². The Labute approximate surface area is 84.7 Å². The Morgan fingerprint density at radius 3 is 2.21 bits per heavy atom. The Bertz CT molecular complexity index is 300. The maximum Gasteiger partial charge on any atom is 0.0802 e. The lowest BCUT2D eigenvalue weighted by Crippen LogP contribution is -2.07. The first-order valence-corrected chi connectivity index (χ1v) is 4.81. The quantitative estimate of drug-likeness (QED) is 0.634. The maximum absolute atomic E-state index is 9.74. The molecule has 0 aliphatic carbocycles. The number of nitrogen functional groups attached to an aromatic ring is 1. The third-order valence-corrected chi connectivity index (χ3v) is 2.44. The van der Waals surface area contributed by atoms with Gasteiger partial charge in [-0.25, -0.2) is 0 Å². The third kappa shape index (κ3) is 2.25. The van der Waals surface area contributed by atoms with Crippen molar-refractivity contribution in [3.05, 3.63) is 28.8 Å². The van der Waals surface area contributed by atoms with E-state index in [1.54, 1.807) is 0 Å². The largest absolute Gasteiger partial charge is 0.398 e. The molecule has 1 aromatic carbocycles. The SMILES string of the molecule is Cc1cc(C(O)CCN)cc(C)c1N. The second-order valence-electron chi connectivity index (χ2n) is 3.66. The number of aryl methyl sites for hydroxylation is 2. The van der Waals surface area contributed by atoms with Crippen molar-refractivity contribution in [3.63, 3.8) is 0 Å². The number of benzene rings is 1. The Balaban J connectivity index is 3.00. The zero-order valence-corrected chi connectivity index (χ0v) is 8.75. The summed E-state index contributed by atoms with van der Waals surface area (Å²) in [5.74, 6) is 0. The van der Waals surface area contributed by atoms with Crippen molar-refractivity contribution in [1.29, 1.82) is 0 Å². The first kappa shape index (κ1) is 11.0. The summed E-state index contributed by atoms with van der Waals surface area (Å²) in [5.41, 5.74) is 14.9. The summed E-state index contributed by atoms with van der Waals surface area (Å²) in [5, 5.41) is 9.74. The van der Waals surface area contributed by atoms with Crippen LogP contribution in [-0.4, -0.2) is 11.7 Å². The standard InChI is InChI=1S/C11H18N2O/c1-7-5-9(10(14)3-4-12)6-8(2)11(7)13/h5-6,10,14H,3-4,12-13H2,1-2H3. The molecule has 1 atom stereocenters. The number of hydrogen-bond donors (Lipinski definition) is 3. The monoisotopic (exact) mass is 194 g/mol. The summed E-state index contributed by atoms with van der Waals surface area (Å²) in [6.07, 6.45) is 0.112. The fraction of sp³-hybridized carbons (Fsp3) is 0.455. The molecular formula is C11H18N2O.